The van der Waals surface area contributed by atoms with Gasteiger partial charge in [-0.05, 0) is 143 Å². The molecule has 0 aliphatic carbocycles. The maximum Gasteiger partial charge on any atom is 0.355 e. The first kappa shape index (κ1) is 88.2. The molecular formula is C91H101Cl3FN19O7. The van der Waals surface area contributed by atoms with Gasteiger partial charge in [0.05, 0.1) is 76.8 Å². The van der Waals surface area contributed by atoms with E-state index in [1.54, 1.807) is 68.1 Å². The van der Waals surface area contributed by atoms with Gasteiger partial charge >= 0.3 is 17.1 Å². The largest absolute Gasteiger partial charge is 0.377 e. The molecule has 630 valence electrons. The molecule has 11 heterocycles. The summed E-state index contributed by atoms with van der Waals surface area (Å²) in [4.78, 5) is 142. The highest BCUT2D eigenvalue weighted by Gasteiger charge is 2.38. The minimum absolute atomic E-state index is 0.00939. The summed E-state index contributed by atoms with van der Waals surface area (Å²) in [6.07, 6.45) is 7.45. The topological polar surface area (TPSA) is 272 Å². The molecule has 4 unspecified atom stereocenters. The molecule has 30 heteroatoms. The summed E-state index contributed by atoms with van der Waals surface area (Å²) in [5.41, 5.74) is 8.60. The summed E-state index contributed by atoms with van der Waals surface area (Å²) in [5.74, 6) is 0.394. The molecule has 0 spiro atoms. The summed E-state index contributed by atoms with van der Waals surface area (Å²) in [7, 11) is 3.94. The maximum absolute atomic E-state index is 14.6. The van der Waals surface area contributed by atoms with E-state index in [1.807, 2.05) is 166 Å². The molecule has 26 nitrogen and oxygen atoms in total. The highest BCUT2D eigenvalue weighted by atomic mass is 35.5. The van der Waals surface area contributed by atoms with E-state index < -0.39 is 22.9 Å². The quantitative estimate of drug-likeness (QED) is 0.0880. The number of aryl methyl sites for hydroxylation is 2. The number of hydrogen-bond acceptors (Lipinski definition) is 19. The van der Waals surface area contributed by atoms with Gasteiger partial charge in [0, 0.05) is 139 Å². The Kier molecular flexibility index (Phi) is 26.6. The first-order chi connectivity index (χ1) is 57.4. The number of piperazine rings is 3. The normalized spacial score (nSPS) is 16.2. The molecule has 0 radical (unpaired) electrons. The lowest BCUT2D eigenvalue weighted by molar-refractivity contribution is -0.129. The molecule has 3 aliphatic rings. The second-order valence-electron chi connectivity index (χ2n) is 32.8. The molecule has 14 rings (SSSR count). The standard InChI is InChI=1S/C33H36ClN7O3.C33H38ClN7O2.C25H27ClFN5O2/c1-8-27(43)39-16-21(6)40(17-20(39)5)31-24-15-25(34)29(23-11-9-10-12-26(23)36-22(7)42)37-32(24)41(33(44)38-31)30-19(4)13-14-35-28(30)18(2)3;1-9-27(42)39-17-22(6)40(18-21(39)5)31-24-16-25(34)29(23-12-10-11-13-26(23)38(7)8)36-32(24)41(33(43)37-31)30-20(4)14-15-35-28(30)19(2)3;1-5-20(33)30-10-12-31(13-11-30)22-17-14-18(26)21(16-8-6-7-9-19(16)27)28-23(17)32(24(34)29-22)15-25(2,3)4/h8-15,18,20-21H,1,16-17H2,2-7H3,(H,36,42);9-16,19,21-22H,1,17-18H2,2-8H3;5-9,14H,1,10-13,15H2,2-4H3. The number of pyridine rings is 5. The lowest BCUT2D eigenvalue weighted by atomic mass is 9.97. The number of aromatic nitrogens is 11. The molecule has 121 heavy (non-hydrogen) atoms. The third-order valence-electron chi connectivity index (χ3n) is 21.7. The second-order valence-corrected chi connectivity index (χ2v) is 34.0. The van der Waals surface area contributed by atoms with Crippen LogP contribution in [0.1, 0.15) is 117 Å². The summed E-state index contributed by atoms with van der Waals surface area (Å²) < 4.78 is 19.2. The number of benzene rings is 3. The third kappa shape index (κ3) is 18.2. The van der Waals surface area contributed by atoms with Crippen molar-refractivity contribution >= 4 is 120 Å². The van der Waals surface area contributed by atoms with Crippen molar-refractivity contribution < 1.29 is 23.6 Å². The van der Waals surface area contributed by atoms with Crippen LogP contribution >= 0.6 is 34.8 Å². The van der Waals surface area contributed by atoms with E-state index in [0.29, 0.717) is 154 Å². The molecule has 3 saturated heterocycles. The molecule has 3 aliphatic heterocycles. The zero-order valence-corrected chi connectivity index (χ0v) is 73.3. The zero-order valence-electron chi connectivity index (χ0n) is 71.1. The highest BCUT2D eigenvalue weighted by Crippen LogP contribution is 2.43. The number of anilines is 5. The first-order valence-corrected chi connectivity index (χ1v) is 41.3. The van der Waals surface area contributed by atoms with Crippen LogP contribution in [0.4, 0.5) is 33.2 Å². The van der Waals surface area contributed by atoms with Crippen LogP contribution in [0.25, 0.3) is 78.2 Å². The van der Waals surface area contributed by atoms with Gasteiger partial charge in [-0.2, -0.15) is 15.0 Å². The number of amides is 4. The van der Waals surface area contributed by atoms with Crippen LogP contribution < -0.4 is 42.0 Å². The lowest BCUT2D eigenvalue weighted by Crippen LogP contribution is -2.58. The fraction of sp³-hybridized carbons (Fsp3) is 0.352. The van der Waals surface area contributed by atoms with Gasteiger partial charge < -0.3 is 39.6 Å². The maximum atomic E-state index is 14.6. The Labute approximate surface area is 717 Å². The predicted molar refractivity (Wildman–Crippen MR) is 482 cm³/mol. The average molecular weight is 1700 g/mol. The minimum Gasteiger partial charge on any atom is -0.377 e. The summed E-state index contributed by atoms with van der Waals surface area (Å²) >= 11 is 20.6. The SMILES string of the molecule is C=CC(=O)N1CC(C)N(c2nc(=O)n(-c3c(C)ccnc3C(C)C)c3nc(-c4ccccc4N(C)C)c(Cl)cc23)CC1C.C=CC(=O)N1CC(C)N(c2nc(=O)n(-c3c(C)ccnc3C(C)C)c3nc(-c4ccccc4NC(C)=O)c(Cl)cc23)CC1C.C=CC(=O)N1CCN(c2nc(=O)n(CC(C)(C)C)c3nc(-c4ccccc4F)c(Cl)cc23)CC1. The van der Waals surface area contributed by atoms with E-state index >= 15 is 0 Å². The Hall–Kier alpha value is -12.1. The Morgan fingerprint density at radius 3 is 1.40 bits per heavy atom. The van der Waals surface area contributed by atoms with Gasteiger partial charge in [-0.25, -0.2) is 42.9 Å². The molecule has 3 fully saturated rings. The van der Waals surface area contributed by atoms with Crippen LogP contribution in [-0.2, 0) is 25.7 Å². The van der Waals surface area contributed by atoms with Crippen molar-refractivity contribution in [2.45, 2.75) is 139 Å². The van der Waals surface area contributed by atoms with Crippen LogP contribution in [0, 0.1) is 25.1 Å². The number of para-hydroxylation sites is 2. The van der Waals surface area contributed by atoms with Gasteiger partial charge in [0.2, 0.25) is 23.6 Å². The van der Waals surface area contributed by atoms with E-state index in [9.17, 15) is 38.0 Å². The molecule has 4 atom stereocenters. The first-order valence-electron chi connectivity index (χ1n) is 40.2. The van der Waals surface area contributed by atoms with Crippen molar-refractivity contribution in [3.8, 4) is 45.1 Å². The van der Waals surface area contributed by atoms with Crippen LogP contribution in [0.3, 0.4) is 0 Å². The number of halogens is 4. The van der Waals surface area contributed by atoms with Gasteiger partial charge in [-0.15, -0.1) is 0 Å². The molecule has 4 amide bonds. The van der Waals surface area contributed by atoms with Crippen molar-refractivity contribution in [1.29, 1.82) is 0 Å². The Balaban J connectivity index is 0.000000168. The van der Waals surface area contributed by atoms with E-state index in [2.05, 4.69) is 68.7 Å². The van der Waals surface area contributed by atoms with E-state index in [1.165, 1.54) is 40.4 Å². The van der Waals surface area contributed by atoms with Crippen molar-refractivity contribution in [2.24, 2.45) is 5.41 Å². The smallest absolute Gasteiger partial charge is 0.355 e. The summed E-state index contributed by atoms with van der Waals surface area (Å²) in [6, 6.07) is 30.0. The van der Waals surface area contributed by atoms with Gasteiger partial charge in [0.25, 0.3) is 0 Å². The minimum atomic E-state index is -0.508. The number of nitrogens with zero attached hydrogens (tertiary/aromatic N) is 18. The van der Waals surface area contributed by atoms with Crippen LogP contribution in [0.15, 0.2) is 168 Å². The zero-order chi connectivity index (χ0) is 87.7. The van der Waals surface area contributed by atoms with Crippen molar-refractivity contribution in [3.05, 3.63) is 228 Å². The van der Waals surface area contributed by atoms with Crippen LogP contribution in [-0.4, -0.2) is 183 Å². The molecular weight excluding hydrogens is 1600 g/mol. The Bertz CT molecular complexity index is 6110. The Morgan fingerprint density at radius 1 is 0.537 bits per heavy atom. The number of nitrogens with one attached hydrogen (secondary N) is 1. The van der Waals surface area contributed by atoms with Crippen LogP contribution in [0.5, 0.6) is 0 Å². The number of hydrogen-bond donors (Lipinski definition) is 1. The number of carbonyl (C=O) groups excluding carboxylic acids is 4. The predicted octanol–water partition coefficient (Wildman–Crippen LogP) is 15.2. The molecule has 0 bridgehead atoms. The average Bonchev–Trinajstić information content (AvgIpc) is 0.733. The van der Waals surface area contributed by atoms with Gasteiger partial charge in [0.1, 0.15) is 28.9 Å². The van der Waals surface area contributed by atoms with Crippen LogP contribution in [0.2, 0.25) is 15.1 Å². The highest BCUT2D eigenvalue weighted by molar-refractivity contribution is 6.35. The molecule has 8 aromatic heterocycles. The van der Waals surface area contributed by atoms with Gasteiger partial charge in [-0.3, -0.25) is 33.7 Å². The van der Waals surface area contributed by atoms with Crippen molar-refractivity contribution in [3.63, 3.8) is 0 Å². The van der Waals surface area contributed by atoms with E-state index in [-0.39, 0.29) is 81.3 Å². The molecule has 3 aromatic carbocycles. The molecule has 1 N–H and O–H groups in total. The number of rotatable bonds is 16. The van der Waals surface area contributed by atoms with Gasteiger partial charge in [0.15, 0.2) is 11.3 Å². The lowest BCUT2D eigenvalue weighted by Gasteiger charge is -2.44. The van der Waals surface area contributed by atoms with E-state index in [4.69, 9.17) is 49.8 Å². The summed E-state index contributed by atoms with van der Waals surface area (Å²) in [5, 5.41) is 5.73. The summed E-state index contributed by atoms with van der Waals surface area (Å²) in [6.45, 7) is 42.5. The second kappa shape index (κ2) is 36.5. The van der Waals surface area contributed by atoms with Gasteiger partial charge in [-0.1, -0.05) is 152 Å². The molecule has 11 aromatic rings. The number of carbonyl (C=O) groups is 4. The third-order valence-corrected chi connectivity index (χ3v) is 22.6. The number of fused-ring (bicyclic) bond motifs is 3. The molecule has 0 saturated carbocycles. The monoisotopic (exact) mass is 1700 g/mol. The fourth-order valence-corrected chi connectivity index (χ4v) is 16.6. The fourth-order valence-electron chi connectivity index (χ4n) is 15.9. The van der Waals surface area contributed by atoms with Crippen molar-refractivity contribution in [2.75, 3.05) is 91.4 Å². The van der Waals surface area contributed by atoms with Crippen molar-refractivity contribution in [1.82, 2.24) is 68.3 Å². The van der Waals surface area contributed by atoms with E-state index in [0.717, 1.165) is 33.8 Å². The Morgan fingerprint density at radius 2 is 0.950 bits per heavy atom.